The van der Waals surface area contributed by atoms with E-state index in [1.54, 1.807) is 15.2 Å². The molecule has 0 fully saturated rings. The summed E-state index contributed by atoms with van der Waals surface area (Å²) in [5, 5.41) is 1.16. The van der Waals surface area contributed by atoms with E-state index < -0.39 is 0 Å². The first-order valence-electron chi connectivity index (χ1n) is 10.4. The van der Waals surface area contributed by atoms with E-state index in [1.165, 1.54) is 11.8 Å². The maximum absolute atomic E-state index is 13.3. The molecule has 0 aliphatic carbocycles. The molecule has 8 heteroatoms. The lowest BCUT2D eigenvalue weighted by Crippen LogP contribution is -2.23. The van der Waals surface area contributed by atoms with Crippen molar-refractivity contribution < 1.29 is 0 Å². The van der Waals surface area contributed by atoms with Crippen LogP contribution in [-0.4, -0.2) is 29.8 Å². The Labute approximate surface area is 187 Å². The average Bonchev–Trinajstić information content (AvgIpc) is 3.12. The van der Waals surface area contributed by atoms with E-state index in [2.05, 4.69) is 9.97 Å². The molecule has 1 N–H and O–H groups in total. The summed E-state index contributed by atoms with van der Waals surface area (Å²) >= 11 is 1.50. The fraction of sp³-hybridized carbons (Fsp3) is 0.167. The molecule has 3 heterocycles. The quantitative estimate of drug-likeness (QED) is 0.244. The van der Waals surface area contributed by atoms with E-state index >= 15 is 0 Å². The maximum Gasteiger partial charge on any atom is 0.326 e. The van der Waals surface area contributed by atoms with Crippen LogP contribution in [0.2, 0.25) is 0 Å². The summed E-state index contributed by atoms with van der Waals surface area (Å²) in [5.74, 6) is 1.26. The van der Waals surface area contributed by atoms with Crippen LogP contribution in [0.5, 0.6) is 0 Å². The highest BCUT2D eigenvalue weighted by Gasteiger charge is 2.14. The van der Waals surface area contributed by atoms with Crippen molar-refractivity contribution in [1.82, 2.24) is 24.1 Å². The van der Waals surface area contributed by atoms with E-state index in [0.29, 0.717) is 34.2 Å². The molecular formula is C24H21N5O2S. The van der Waals surface area contributed by atoms with Crippen molar-refractivity contribution in [3.8, 4) is 5.82 Å². The minimum atomic E-state index is -0.135. The third-order valence-corrected chi connectivity index (χ3v) is 6.31. The zero-order chi connectivity index (χ0) is 22.1. The maximum atomic E-state index is 13.3. The van der Waals surface area contributed by atoms with Crippen molar-refractivity contribution in [2.45, 2.75) is 25.0 Å². The molecule has 160 valence electrons. The molecule has 0 saturated heterocycles. The summed E-state index contributed by atoms with van der Waals surface area (Å²) in [6.45, 7) is 2.48. The van der Waals surface area contributed by atoms with Gasteiger partial charge in [-0.25, -0.2) is 19.3 Å². The molecule has 0 bridgehead atoms. The lowest BCUT2D eigenvalue weighted by Gasteiger charge is -2.13. The zero-order valence-corrected chi connectivity index (χ0v) is 18.3. The van der Waals surface area contributed by atoms with Crippen LogP contribution in [0.4, 0.5) is 0 Å². The number of fused-ring (bicyclic) bond motifs is 2. The summed E-state index contributed by atoms with van der Waals surface area (Å²) in [6.07, 6.45) is 0.746. The fourth-order valence-electron chi connectivity index (χ4n) is 3.78. The topological polar surface area (TPSA) is 85.6 Å². The van der Waals surface area contributed by atoms with Gasteiger partial charge in [-0.15, -0.1) is 0 Å². The average molecular weight is 444 g/mol. The number of rotatable bonds is 6. The Morgan fingerprint density at radius 3 is 2.62 bits per heavy atom. The number of hydrogen-bond donors (Lipinski definition) is 1. The molecule has 0 aliphatic rings. The number of nitrogens with one attached hydrogen (secondary N) is 1. The second kappa shape index (κ2) is 8.47. The van der Waals surface area contributed by atoms with Gasteiger partial charge in [0, 0.05) is 18.0 Å². The number of hydrogen-bond acceptors (Lipinski definition) is 5. The molecule has 5 rings (SSSR count). The lowest BCUT2D eigenvalue weighted by atomic mass is 10.2. The molecule has 0 unspecified atom stereocenters. The number of thioether (sulfide) groups is 1. The van der Waals surface area contributed by atoms with Gasteiger partial charge in [0.25, 0.3) is 5.56 Å². The van der Waals surface area contributed by atoms with Crippen LogP contribution in [0.15, 0.2) is 81.5 Å². The largest absolute Gasteiger partial charge is 0.326 e. The molecule has 0 amide bonds. The van der Waals surface area contributed by atoms with E-state index in [1.807, 2.05) is 67.6 Å². The van der Waals surface area contributed by atoms with E-state index in [4.69, 9.17) is 4.98 Å². The van der Waals surface area contributed by atoms with Gasteiger partial charge in [-0.1, -0.05) is 42.1 Å². The fourth-order valence-corrected chi connectivity index (χ4v) is 4.70. The molecule has 2 aromatic carbocycles. The van der Waals surface area contributed by atoms with Gasteiger partial charge in [0.1, 0.15) is 5.82 Å². The summed E-state index contributed by atoms with van der Waals surface area (Å²) < 4.78 is 3.33. The number of H-pyrrole nitrogens is 1. The number of aromatic nitrogens is 5. The van der Waals surface area contributed by atoms with Gasteiger partial charge in [-0.2, -0.15) is 0 Å². The van der Waals surface area contributed by atoms with E-state index in [-0.39, 0.29) is 11.2 Å². The highest BCUT2D eigenvalue weighted by molar-refractivity contribution is 7.99. The zero-order valence-electron chi connectivity index (χ0n) is 17.5. The number of benzene rings is 2. The highest BCUT2D eigenvalue weighted by Crippen LogP contribution is 2.22. The first-order valence-corrected chi connectivity index (χ1v) is 11.4. The lowest BCUT2D eigenvalue weighted by molar-refractivity contribution is 0.678. The van der Waals surface area contributed by atoms with Gasteiger partial charge in [-0.05, 0) is 49.7 Å². The second-order valence-electron chi connectivity index (χ2n) is 7.49. The van der Waals surface area contributed by atoms with Crippen molar-refractivity contribution in [2.75, 3.05) is 5.75 Å². The molecular weight excluding hydrogens is 422 g/mol. The van der Waals surface area contributed by atoms with Crippen LogP contribution in [0.25, 0.3) is 27.8 Å². The van der Waals surface area contributed by atoms with Crippen LogP contribution in [0.1, 0.15) is 12.1 Å². The van der Waals surface area contributed by atoms with Crippen molar-refractivity contribution in [2.24, 2.45) is 0 Å². The Morgan fingerprint density at radius 1 is 0.938 bits per heavy atom. The van der Waals surface area contributed by atoms with Crippen LogP contribution in [0, 0.1) is 6.92 Å². The van der Waals surface area contributed by atoms with Gasteiger partial charge >= 0.3 is 5.69 Å². The van der Waals surface area contributed by atoms with Gasteiger partial charge in [0.15, 0.2) is 5.16 Å². The minimum Gasteiger partial charge on any atom is -0.306 e. The van der Waals surface area contributed by atoms with Crippen molar-refractivity contribution in [1.29, 1.82) is 0 Å². The Bertz CT molecular complexity index is 1550. The Balaban J connectivity index is 1.44. The molecule has 3 aromatic heterocycles. The van der Waals surface area contributed by atoms with E-state index in [0.717, 1.165) is 23.1 Å². The van der Waals surface area contributed by atoms with Crippen molar-refractivity contribution >= 4 is 33.7 Å². The molecule has 0 radical (unpaired) electrons. The third-order valence-electron chi connectivity index (χ3n) is 5.29. The SMILES string of the molecule is Cc1cccc(-n2c(SCCCn3c(=O)[nH]c4ccccc43)nc3ccccc3c2=O)n1. The third kappa shape index (κ3) is 3.73. The van der Waals surface area contributed by atoms with Crippen LogP contribution < -0.4 is 11.2 Å². The summed E-state index contributed by atoms with van der Waals surface area (Å²) in [6, 6.07) is 20.6. The molecule has 0 spiro atoms. The van der Waals surface area contributed by atoms with Gasteiger partial charge in [-0.3, -0.25) is 9.36 Å². The number of imidazole rings is 1. The van der Waals surface area contributed by atoms with Crippen molar-refractivity contribution in [3.63, 3.8) is 0 Å². The Morgan fingerprint density at radius 2 is 1.75 bits per heavy atom. The highest BCUT2D eigenvalue weighted by atomic mass is 32.2. The summed E-state index contributed by atoms with van der Waals surface area (Å²) in [5.41, 5.74) is 2.98. The molecule has 5 aromatic rings. The van der Waals surface area contributed by atoms with Crippen molar-refractivity contribution in [3.05, 3.63) is 93.3 Å². The van der Waals surface area contributed by atoms with Crippen LogP contribution in [0.3, 0.4) is 0 Å². The number of aromatic amines is 1. The predicted molar refractivity (Wildman–Crippen MR) is 128 cm³/mol. The first kappa shape index (κ1) is 20.3. The molecule has 0 aliphatic heterocycles. The van der Waals surface area contributed by atoms with E-state index in [9.17, 15) is 9.59 Å². The number of nitrogens with zero attached hydrogens (tertiary/aromatic N) is 4. The smallest absolute Gasteiger partial charge is 0.306 e. The number of aryl methyl sites for hydroxylation is 2. The second-order valence-corrected chi connectivity index (χ2v) is 8.55. The Hall–Kier alpha value is -3.65. The molecule has 0 atom stereocenters. The summed E-state index contributed by atoms with van der Waals surface area (Å²) in [4.78, 5) is 37.8. The van der Waals surface area contributed by atoms with Gasteiger partial charge in [0.05, 0.1) is 21.9 Å². The minimum absolute atomic E-state index is 0.110. The molecule has 0 saturated carbocycles. The predicted octanol–water partition coefficient (Wildman–Crippen LogP) is 3.91. The first-order chi connectivity index (χ1) is 15.6. The van der Waals surface area contributed by atoms with Crippen LogP contribution >= 0.6 is 11.8 Å². The standard InChI is InChI=1S/C24H21N5O2S/c1-16-8-6-13-21(25-16)29-22(30)17-9-2-3-10-18(17)27-24(29)32-15-7-14-28-20-12-5-4-11-19(20)26-23(28)31/h2-6,8-13H,7,14-15H2,1H3,(H,26,31). The molecule has 7 nitrogen and oxygen atoms in total. The normalized spacial score (nSPS) is 11.4. The van der Waals surface area contributed by atoms with Gasteiger partial charge in [0.2, 0.25) is 0 Å². The monoisotopic (exact) mass is 443 g/mol. The van der Waals surface area contributed by atoms with Crippen LogP contribution in [-0.2, 0) is 6.54 Å². The Kier molecular flexibility index (Phi) is 5.36. The molecule has 32 heavy (non-hydrogen) atoms. The van der Waals surface area contributed by atoms with Gasteiger partial charge < -0.3 is 4.98 Å². The summed E-state index contributed by atoms with van der Waals surface area (Å²) in [7, 11) is 0. The number of para-hydroxylation sites is 3. The number of pyridine rings is 1.